The molecule has 0 rings (SSSR count). The van der Waals surface area contributed by atoms with Gasteiger partial charge in [-0.2, -0.15) is 11.8 Å². The summed E-state index contributed by atoms with van der Waals surface area (Å²) in [6.45, 7) is 3.23. The summed E-state index contributed by atoms with van der Waals surface area (Å²) in [5, 5.41) is 0. The van der Waals surface area contributed by atoms with E-state index in [-0.39, 0.29) is 0 Å². The van der Waals surface area contributed by atoms with Crippen LogP contribution in [0.15, 0.2) is 0 Å². The van der Waals surface area contributed by atoms with E-state index < -0.39 is 0 Å². The highest BCUT2D eigenvalue weighted by atomic mass is 32.2. The molecule has 0 amide bonds. The summed E-state index contributed by atoms with van der Waals surface area (Å²) in [6.07, 6.45) is 0. The molecular formula is C4H12NS+. The zero-order chi connectivity index (χ0) is 4.83. The molecule has 0 aromatic rings. The Kier molecular flexibility index (Phi) is 5.58. The van der Waals surface area contributed by atoms with E-state index in [1.54, 1.807) is 0 Å². The van der Waals surface area contributed by atoms with Gasteiger partial charge in [0.25, 0.3) is 0 Å². The van der Waals surface area contributed by atoms with Gasteiger partial charge < -0.3 is 5.73 Å². The minimum Gasteiger partial charge on any atom is -0.357 e. The second-order valence-electron chi connectivity index (χ2n) is 1.05. The van der Waals surface area contributed by atoms with Crippen LogP contribution >= 0.6 is 11.8 Å². The third-order valence-electron chi connectivity index (χ3n) is 0.493. The second kappa shape index (κ2) is 5.31. The lowest BCUT2D eigenvalue weighted by atomic mass is 10.8. The molecule has 0 aromatic carbocycles. The fraction of sp³-hybridized carbons (Fsp3) is 1.00. The van der Waals surface area contributed by atoms with Gasteiger partial charge >= 0.3 is 0 Å². The molecule has 0 heterocycles. The maximum atomic E-state index is 3.70. The summed E-state index contributed by atoms with van der Waals surface area (Å²) in [5.41, 5.74) is 3.70. The van der Waals surface area contributed by atoms with Crippen LogP contribution in [-0.4, -0.2) is 18.1 Å². The van der Waals surface area contributed by atoms with Gasteiger partial charge in [-0.1, -0.05) is 6.92 Å². The Morgan fingerprint density at radius 2 is 2.33 bits per heavy atom. The molecule has 6 heavy (non-hydrogen) atoms. The van der Waals surface area contributed by atoms with Crippen LogP contribution in [0, 0.1) is 0 Å². The lowest BCUT2D eigenvalue weighted by Crippen LogP contribution is -2.51. The summed E-state index contributed by atoms with van der Waals surface area (Å²) in [5.74, 6) is 2.45. The van der Waals surface area contributed by atoms with Crippen LogP contribution in [0.3, 0.4) is 0 Å². The highest BCUT2D eigenvalue weighted by Gasteiger charge is 1.77. The van der Waals surface area contributed by atoms with E-state index in [9.17, 15) is 0 Å². The highest BCUT2D eigenvalue weighted by Crippen LogP contribution is 1.92. The molecule has 0 aliphatic carbocycles. The fourth-order valence-electron chi connectivity index (χ4n) is 0.246. The largest absolute Gasteiger partial charge is 0.357 e. The summed E-state index contributed by atoms with van der Waals surface area (Å²) in [7, 11) is 0. The molecule has 0 saturated carbocycles. The molecule has 38 valence electrons. The first-order valence-electron chi connectivity index (χ1n) is 2.28. The number of rotatable bonds is 3. The van der Waals surface area contributed by atoms with E-state index in [2.05, 4.69) is 12.7 Å². The van der Waals surface area contributed by atoms with Gasteiger partial charge in [-0.25, -0.2) is 0 Å². The molecule has 1 nitrogen and oxygen atoms in total. The van der Waals surface area contributed by atoms with Crippen molar-refractivity contribution in [2.75, 3.05) is 18.1 Å². The lowest BCUT2D eigenvalue weighted by molar-refractivity contribution is -0.360. The number of thioether (sulfide) groups is 1. The van der Waals surface area contributed by atoms with Gasteiger partial charge in [-0.15, -0.1) is 0 Å². The SMILES string of the molecule is CCSCC[NH3+]. The highest BCUT2D eigenvalue weighted by molar-refractivity contribution is 7.99. The second-order valence-corrected chi connectivity index (χ2v) is 2.44. The molecule has 0 radical (unpaired) electrons. The van der Waals surface area contributed by atoms with Crippen LogP contribution in [-0.2, 0) is 0 Å². The molecule has 0 atom stereocenters. The van der Waals surface area contributed by atoms with Crippen molar-refractivity contribution in [3.63, 3.8) is 0 Å². The molecule has 2 heteroatoms. The van der Waals surface area contributed by atoms with E-state index >= 15 is 0 Å². The van der Waals surface area contributed by atoms with Crippen molar-refractivity contribution in [1.29, 1.82) is 0 Å². The topological polar surface area (TPSA) is 27.6 Å². The summed E-state index contributed by atoms with van der Waals surface area (Å²) >= 11 is 1.95. The van der Waals surface area contributed by atoms with Gasteiger partial charge in [-0.3, -0.25) is 0 Å². The Hall–Kier alpha value is 0.310. The Morgan fingerprint density at radius 3 is 2.50 bits per heavy atom. The smallest absolute Gasteiger partial charge is 0.0831 e. The lowest BCUT2D eigenvalue weighted by Gasteiger charge is -1.85. The molecule has 0 bridgehead atoms. The number of hydrogen-bond acceptors (Lipinski definition) is 1. The van der Waals surface area contributed by atoms with E-state index in [4.69, 9.17) is 0 Å². The van der Waals surface area contributed by atoms with Gasteiger partial charge in [0.15, 0.2) is 0 Å². The molecular weight excluding hydrogens is 94.1 g/mol. The first-order chi connectivity index (χ1) is 2.91. The van der Waals surface area contributed by atoms with E-state index in [1.807, 2.05) is 11.8 Å². The molecule has 0 spiro atoms. The predicted octanol–water partition coefficient (Wildman–Crippen LogP) is -0.0186. The van der Waals surface area contributed by atoms with Crippen LogP contribution in [0.1, 0.15) is 6.92 Å². The normalized spacial score (nSPS) is 9.00. The molecule has 0 unspecified atom stereocenters. The molecule has 0 aliphatic rings. The summed E-state index contributed by atoms with van der Waals surface area (Å²) in [4.78, 5) is 0. The van der Waals surface area contributed by atoms with Crippen LogP contribution in [0.25, 0.3) is 0 Å². The van der Waals surface area contributed by atoms with Crippen molar-refractivity contribution in [2.45, 2.75) is 6.92 Å². The van der Waals surface area contributed by atoms with Crippen molar-refractivity contribution in [3.8, 4) is 0 Å². The molecule has 0 saturated heterocycles. The van der Waals surface area contributed by atoms with Crippen molar-refractivity contribution >= 4 is 11.8 Å². The first-order valence-corrected chi connectivity index (χ1v) is 3.44. The molecule has 0 fully saturated rings. The monoisotopic (exact) mass is 106 g/mol. The third-order valence-corrected chi connectivity index (χ3v) is 1.48. The Morgan fingerprint density at radius 1 is 1.67 bits per heavy atom. The number of quaternary nitrogens is 1. The van der Waals surface area contributed by atoms with Crippen LogP contribution in [0.5, 0.6) is 0 Å². The summed E-state index contributed by atoms with van der Waals surface area (Å²) in [6, 6.07) is 0. The van der Waals surface area contributed by atoms with Crippen LogP contribution in [0.2, 0.25) is 0 Å². The zero-order valence-electron chi connectivity index (χ0n) is 4.24. The average molecular weight is 106 g/mol. The zero-order valence-corrected chi connectivity index (χ0v) is 5.05. The van der Waals surface area contributed by atoms with Crippen molar-refractivity contribution in [2.24, 2.45) is 0 Å². The minimum absolute atomic E-state index is 1.07. The van der Waals surface area contributed by atoms with Gasteiger partial charge in [0.1, 0.15) is 0 Å². The van der Waals surface area contributed by atoms with Gasteiger partial charge in [0.05, 0.1) is 6.54 Å². The Labute approximate surface area is 43.3 Å². The van der Waals surface area contributed by atoms with Crippen LogP contribution < -0.4 is 5.73 Å². The molecule has 3 N–H and O–H groups in total. The minimum atomic E-state index is 1.07. The predicted molar refractivity (Wildman–Crippen MR) is 30.8 cm³/mol. The fourth-order valence-corrected chi connectivity index (χ4v) is 0.739. The third kappa shape index (κ3) is 4.31. The first kappa shape index (κ1) is 6.31. The van der Waals surface area contributed by atoms with Gasteiger partial charge in [0.2, 0.25) is 0 Å². The van der Waals surface area contributed by atoms with Crippen molar-refractivity contribution < 1.29 is 5.73 Å². The van der Waals surface area contributed by atoms with E-state index in [1.165, 1.54) is 11.5 Å². The van der Waals surface area contributed by atoms with Crippen LogP contribution in [0.4, 0.5) is 0 Å². The summed E-state index contributed by atoms with van der Waals surface area (Å²) < 4.78 is 0. The van der Waals surface area contributed by atoms with E-state index in [0.717, 1.165) is 6.54 Å². The molecule has 0 aromatic heterocycles. The van der Waals surface area contributed by atoms with Gasteiger partial charge in [-0.05, 0) is 5.75 Å². The number of hydrogen-bond donors (Lipinski definition) is 1. The van der Waals surface area contributed by atoms with Gasteiger partial charge in [0, 0.05) is 5.75 Å². The Balaban J connectivity index is 2.34. The van der Waals surface area contributed by atoms with Crippen molar-refractivity contribution in [1.82, 2.24) is 0 Å². The standard InChI is InChI=1S/C4H11NS/c1-2-6-4-3-5/h2-5H2,1H3/p+1. The molecule has 0 aliphatic heterocycles. The quantitative estimate of drug-likeness (QED) is 0.503. The maximum Gasteiger partial charge on any atom is 0.0831 e. The van der Waals surface area contributed by atoms with E-state index in [0.29, 0.717) is 0 Å². The average Bonchev–Trinajstić information content (AvgIpc) is 1.61. The Bertz CT molecular complexity index is 19.5. The van der Waals surface area contributed by atoms with Crippen molar-refractivity contribution in [3.05, 3.63) is 0 Å². The maximum absolute atomic E-state index is 3.70.